The van der Waals surface area contributed by atoms with Gasteiger partial charge in [-0.25, -0.2) is 0 Å². The number of carbonyl (C=O) groups is 2. The Kier molecular flexibility index (Phi) is 57.2. The normalized spacial score (nSPS) is 18.6. The largest absolute Gasteiger partial charge is 0.466 e. The van der Waals surface area contributed by atoms with Crippen molar-refractivity contribution < 1.29 is 49.3 Å². The number of nitrogens with one attached hydrogen (secondary N) is 1. The zero-order chi connectivity index (χ0) is 60.2. The molecule has 482 valence electrons. The van der Waals surface area contributed by atoms with Crippen LogP contribution in [0, 0.1) is 0 Å². The number of rotatable bonds is 60. The molecule has 1 saturated heterocycles. The lowest BCUT2D eigenvalue weighted by Gasteiger charge is -2.40. The molecule has 83 heavy (non-hydrogen) atoms. The zero-order valence-corrected chi connectivity index (χ0v) is 53.4. The molecule has 0 aromatic carbocycles. The molecule has 1 heterocycles. The van der Waals surface area contributed by atoms with Crippen molar-refractivity contribution in [3.63, 3.8) is 0 Å². The summed E-state index contributed by atoms with van der Waals surface area (Å²) in [5.74, 6) is -0.201. The van der Waals surface area contributed by atoms with Crippen LogP contribution >= 0.6 is 0 Å². The van der Waals surface area contributed by atoms with Gasteiger partial charge in [0.05, 0.1) is 32.0 Å². The monoisotopic (exact) mass is 1170 g/mol. The fourth-order valence-electron chi connectivity index (χ4n) is 10.5. The second-order valence-electron chi connectivity index (χ2n) is 23.8. The number of ether oxygens (including phenoxy) is 3. The lowest BCUT2D eigenvalue weighted by atomic mass is 9.99. The van der Waals surface area contributed by atoms with Gasteiger partial charge in [-0.05, 0) is 103 Å². The van der Waals surface area contributed by atoms with Crippen LogP contribution in [0.25, 0.3) is 0 Å². The molecule has 0 saturated carbocycles. The maximum atomic E-state index is 13.0. The van der Waals surface area contributed by atoms with Crippen LogP contribution in [-0.2, 0) is 23.8 Å². The summed E-state index contributed by atoms with van der Waals surface area (Å²) in [6.07, 6.45) is 71.9. The minimum Gasteiger partial charge on any atom is -0.466 e. The van der Waals surface area contributed by atoms with E-state index >= 15 is 0 Å². The highest BCUT2D eigenvalue weighted by Gasteiger charge is 2.44. The third-order valence-electron chi connectivity index (χ3n) is 16.0. The molecule has 7 atom stereocenters. The molecule has 1 rings (SSSR count). The summed E-state index contributed by atoms with van der Waals surface area (Å²) in [5, 5.41) is 54.3. The van der Waals surface area contributed by atoms with E-state index in [1.165, 1.54) is 199 Å². The Labute approximate surface area is 509 Å². The van der Waals surface area contributed by atoms with Gasteiger partial charge in [-0.1, -0.05) is 267 Å². The molecule has 6 N–H and O–H groups in total. The molecule has 1 amide bonds. The van der Waals surface area contributed by atoms with Crippen LogP contribution in [0.3, 0.4) is 0 Å². The highest BCUT2D eigenvalue weighted by Crippen LogP contribution is 2.23. The SMILES string of the molecule is CCC/C=C/CC/C=C/CC/C=C/C(O)C(COC1OC(CO)C(O)C(O)C1O)NC(=O)CCCCCCCCCCCCCCCCCCC/C=C\C/C=C\CCCCCCCCCCCOC(=O)CCCCCCC/C=C\CCCC. The first-order valence-electron chi connectivity index (χ1n) is 34.7. The highest BCUT2D eigenvalue weighted by molar-refractivity contribution is 5.76. The van der Waals surface area contributed by atoms with Crippen molar-refractivity contribution in [2.75, 3.05) is 19.8 Å². The van der Waals surface area contributed by atoms with E-state index in [-0.39, 0.29) is 18.5 Å². The van der Waals surface area contributed by atoms with Gasteiger partial charge in [0.15, 0.2) is 6.29 Å². The lowest BCUT2D eigenvalue weighted by Crippen LogP contribution is -2.60. The smallest absolute Gasteiger partial charge is 0.305 e. The first-order valence-corrected chi connectivity index (χ1v) is 34.7. The van der Waals surface area contributed by atoms with E-state index in [0.717, 1.165) is 83.5 Å². The van der Waals surface area contributed by atoms with Crippen LogP contribution in [-0.4, -0.2) is 100 Å². The molecular weight excluding hydrogens is 1040 g/mol. The number of hydrogen-bond acceptors (Lipinski definition) is 10. The van der Waals surface area contributed by atoms with Crippen molar-refractivity contribution in [2.24, 2.45) is 0 Å². The van der Waals surface area contributed by atoms with Crippen molar-refractivity contribution in [2.45, 2.75) is 352 Å². The Morgan fingerprint density at radius 1 is 0.446 bits per heavy atom. The zero-order valence-electron chi connectivity index (χ0n) is 53.4. The average molecular weight is 1170 g/mol. The summed E-state index contributed by atoms with van der Waals surface area (Å²) >= 11 is 0. The van der Waals surface area contributed by atoms with Gasteiger partial charge < -0.3 is 45.1 Å². The summed E-state index contributed by atoms with van der Waals surface area (Å²) in [6, 6.07) is -0.834. The van der Waals surface area contributed by atoms with Gasteiger partial charge in [-0.15, -0.1) is 0 Å². The van der Waals surface area contributed by atoms with Gasteiger partial charge >= 0.3 is 5.97 Å². The fraction of sp³-hybridized carbons (Fsp3) is 0.806. The van der Waals surface area contributed by atoms with Crippen LogP contribution in [0.4, 0.5) is 0 Å². The van der Waals surface area contributed by atoms with Crippen molar-refractivity contribution in [1.82, 2.24) is 5.32 Å². The molecule has 0 aromatic heterocycles. The van der Waals surface area contributed by atoms with E-state index in [0.29, 0.717) is 19.4 Å². The number of amides is 1. The molecule has 0 aromatic rings. The third-order valence-corrected chi connectivity index (χ3v) is 16.0. The molecule has 11 heteroatoms. The molecule has 7 unspecified atom stereocenters. The van der Waals surface area contributed by atoms with E-state index in [1.54, 1.807) is 6.08 Å². The standard InChI is InChI=1S/C72H129NO10/c1-3-5-7-9-11-13-38-42-46-50-54-58-65(75)64(63-82-72-71(80)70(79)69(78)66(62-74)83-72)73-67(76)59-55-51-47-43-40-36-34-32-30-28-26-24-22-20-18-16-15-17-19-21-23-25-27-29-31-33-35-37-41-45-49-53-57-61-81-68(77)60-56-52-48-44-39-14-12-10-8-6-4-2/h7,9-10,12,19,21,25,27,38,42,54,58,64-66,69-72,74-75,78-80H,3-6,8,11,13-18,20,22-24,26,28-37,39-41,43-53,55-57,59-63H2,1-2H3,(H,73,76)/b9-7+,12-10-,21-19-,27-25-,42-38+,58-54+. The fourth-order valence-corrected chi connectivity index (χ4v) is 10.5. The molecule has 1 aliphatic rings. The number of esters is 1. The second-order valence-corrected chi connectivity index (χ2v) is 23.8. The number of hydrogen-bond donors (Lipinski definition) is 6. The predicted molar refractivity (Wildman–Crippen MR) is 347 cm³/mol. The van der Waals surface area contributed by atoms with Crippen LogP contribution in [0.2, 0.25) is 0 Å². The molecule has 0 bridgehead atoms. The van der Waals surface area contributed by atoms with Gasteiger partial charge in [-0.3, -0.25) is 9.59 Å². The Bertz CT molecular complexity index is 1610. The number of unbranched alkanes of at least 4 members (excludes halogenated alkanes) is 36. The van der Waals surface area contributed by atoms with Crippen LogP contribution in [0.5, 0.6) is 0 Å². The molecule has 1 aliphatic heterocycles. The van der Waals surface area contributed by atoms with Crippen LogP contribution in [0.1, 0.15) is 309 Å². The van der Waals surface area contributed by atoms with Crippen molar-refractivity contribution in [3.8, 4) is 0 Å². The van der Waals surface area contributed by atoms with Crippen LogP contribution in [0.15, 0.2) is 72.9 Å². The Hall–Kier alpha value is -2.90. The molecule has 0 radical (unpaired) electrons. The average Bonchev–Trinajstić information content (AvgIpc) is 3.68. The van der Waals surface area contributed by atoms with Crippen molar-refractivity contribution >= 4 is 11.9 Å². The van der Waals surface area contributed by atoms with E-state index in [4.69, 9.17) is 14.2 Å². The van der Waals surface area contributed by atoms with Crippen molar-refractivity contribution in [3.05, 3.63) is 72.9 Å². The molecule has 0 spiro atoms. The molecule has 11 nitrogen and oxygen atoms in total. The number of aliphatic hydroxyl groups excluding tert-OH is 5. The Morgan fingerprint density at radius 3 is 1.31 bits per heavy atom. The van der Waals surface area contributed by atoms with Gasteiger partial charge in [0.1, 0.15) is 24.4 Å². The van der Waals surface area contributed by atoms with Crippen molar-refractivity contribution in [1.29, 1.82) is 0 Å². The molecular formula is C72H129NO10. The number of allylic oxidation sites excluding steroid dienone is 11. The quantitative estimate of drug-likeness (QED) is 0.0195. The maximum Gasteiger partial charge on any atom is 0.305 e. The second kappa shape index (κ2) is 60.8. The minimum atomic E-state index is -1.58. The minimum absolute atomic E-state index is 0.00520. The lowest BCUT2D eigenvalue weighted by molar-refractivity contribution is -0.302. The number of aliphatic hydroxyl groups is 5. The van der Waals surface area contributed by atoms with E-state index in [1.807, 2.05) is 6.08 Å². The summed E-state index contributed by atoms with van der Waals surface area (Å²) in [4.78, 5) is 25.0. The topological polar surface area (TPSA) is 175 Å². The first-order chi connectivity index (χ1) is 40.7. The molecule has 0 aliphatic carbocycles. The van der Waals surface area contributed by atoms with E-state index in [9.17, 15) is 35.1 Å². The predicted octanol–water partition coefficient (Wildman–Crippen LogP) is 17.5. The summed E-state index contributed by atoms with van der Waals surface area (Å²) in [7, 11) is 0. The summed E-state index contributed by atoms with van der Waals surface area (Å²) in [5.41, 5.74) is 0. The van der Waals surface area contributed by atoms with Gasteiger partial charge in [0.25, 0.3) is 0 Å². The molecule has 1 fully saturated rings. The number of carbonyl (C=O) groups excluding carboxylic acids is 2. The highest BCUT2D eigenvalue weighted by atomic mass is 16.7. The van der Waals surface area contributed by atoms with E-state index in [2.05, 4.69) is 79.9 Å². The third kappa shape index (κ3) is 49.9. The first kappa shape index (κ1) is 78.1. The van der Waals surface area contributed by atoms with E-state index < -0.39 is 49.5 Å². The van der Waals surface area contributed by atoms with Crippen LogP contribution < -0.4 is 5.32 Å². The van der Waals surface area contributed by atoms with Gasteiger partial charge in [0, 0.05) is 12.8 Å². The Balaban J connectivity index is 1.96. The maximum absolute atomic E-state index is 13.0. The van der Waals surface area contributed by atoms with Gasteiger partial charge in [-0.2, -0.15) is 0 Å². The summed E-state index contributed by atoms with van der Waals surface area (Å²) in [6.45, 7) is 4.22. The summed E-state index contributed by atoms with van der Waals surface area (Å²) < 4.78 is 16.7. The Morgan fingerprint density at radius 2 is 0.843 bits per heavy atom. The van der Waals surface area contributed by atoms with Gasteiger partial charge in [0.2, 0.25) is 5.91 Å².